The van der Waals surface area contributed by atoms with E-state index in [1.807, 2.05) is 0 Å². The van der Waals surface area contributed by atoms with Crippen molar-refractivity contribution >= 4 is 25.7 Å². The lowest BCUT2D eigenvalue weighted by molar-refractivity contribution is -0.384. The van der Waals surface area contributed by atoms with E-state index in [1.165, 1.54) is 53.8 Å². The van der Waals surface area contributed by atoms with Gasteiger partial charge in [-0.25, -0.2) is 16.8 Å². The molecule has 1 saturated heterocycles. The lowest BCUT2D eigenvalue weighted by Gasteiger charge is -2.25. The maximum absolute atomic E-state index is 13.0. The molecule has 3 rings (SSSR count). The molecular formula is C19H23N3O6S2. The first kappa shape index (κ1) is 22.3. The van der Waals surface area contributed by atoms with Gasteiger partial charge in [0.25, 0.3) is 5.69 Å². The van der Waals surface area contributed by atoms with E-state index in [-0.39, 0.29) is 15.5 Å². The van der Waals surface area contributed by atoms with Crippen LogP contribution in [0.5, 0.6) is 0 Å². The Morgan fingerprint density at radius 1 is 1.00 bits per heavy atom. The van der Waals surface area contributed by atoms with Gasteiger partial charge in [0.05, 0.1) is 14.7 Å². The third-order valence-electron chi connectivity index (χ3n) is 5.31. The highest BCUT2D eigenvalue weighted by Crippen LogP contribution is 2.29. The van der Waals surface area contributed by atoms with Crippen molar-refractivity contribution in [2.45, 2.75) is 35.6 Å². The number of nitro benzene ring substituents is 1. The molecule has 11 heteroatoms. The zero-order chi connectivity index (χ0) is 22.1. The van der Waals surface area contributed by atoms with Crippen LogP contribution in [0.25, 0.3) is 0 Å². The lowest BCUT2D eigenvalue weighted by Crippen LogP contribution is -2.30. The van der Waals surface area contributed by atoms with Crippen LogP contribution in [-0.4, -0.2) is 50.5 Å². The molecule has 0 aromatic heterocycles. The molecule has 0 amide bonds. The van der Waals surface area contributed by atoms with E-state index < -0.39 is 31.0 Å². The van der Waals surface area contributed by atoms with E-state index in [2.05, 4.69) is 0 Å². The smallest absolute Gasteiger partial charge is 0.258 e. The Morgan fingerprint density at radius 2 is 1.57 bits per heavy atom. The fourth-order valence-electron chi connectivity index (χ4n) is 3.34. The average molecular weight is 454 g/mol. The van der Waals surface area contributed by atoms with Crippen LogP contribution in [0.15, 0.2) is 58.3 Å². The molecule has 1 aliphatic heterocycles. The van der Waals surface area contributed by atoms with Crippen molar-refractivity contribution < 1.29 is 21.8 Å². The molecular weight excluding hydrogens is 430 g/mol. The highest BCUT2D eigenvalue weighted by atomic mass is 32.2. The Kier molecular flexibility index (Phi) is 6.27. The molecule has 30 heavy (non-hydrogen) atoms. The summed E-state index contributed by atoms with van der Waals surface area (Å²) >= 11 is 0. The van der Waals surface area contributed by atoms with Crippen molar-refractivity contribution in [1.29, 1.82) is 0 Å². The molecule has 2 aromatic carbocycles. The molecule has 0 N–H and O–H groups in total. The Morgan fingerprint density at radius 3 is 2.13 bits per heavy atom. The first-order chi connectivity index (χ1) is 14.0. The molecule has 2 aromatic rings. The Labute approximate surface area is 176 Å². The van der Waals surface area contributed by atoms with Crippen molar-refractivity contribution in [3.63, 3.8) is 0 Å². The minimum absolute atomic E-state index is 0.0531. The maximum Gasteiger partial charge on any atom is 0.269 e. The minimum atomic E-state index is -3.95. The number of hydrogen-bond acceptors (Lipinski definition) is 6. The van der Waals surface area contributed by atoms with E-state index in [9.17, 15) is 26.9 Å². The standard InChI is InChI=1S/C19H23N3O6S2/c1-15(16-6-5-7-17(14-16)22(23)24)20(2)29(25,26)18-8-10-19(11-9-18)30(27,28)21-12-3-4-13-21/h5-11,14-15H,3-4,12-13H2,1-2H3. The lowest BCUT2D eigenvalue weighted by atomic mass is 10.1. The van der Waals surface area contributed by atoms with Crippen LogP contribution in [0, 0.1) is 10.1 Å². The number of benzene rings is 2. The fourth-order valence-corrected chi connectivity index (χ4v) is 6.21. The monoisotopic (exact) mass is 453 g/mol. The van der Waals surface area contributed by atoms with Crippen LogP contribution >= 0.6 is 0 Å². The Balaban J connectivity index is 1.85. The first-order valence-electron chi connectivity index (χ1n) is 9.38. The molecule has 162 valence electrons. The number of rotatable bonds is 7. The van der Waals surface area contributed by atoms with Gasteiger partial charge in [0.15, 0.2) is 0 Å². The summed E-state index contributed by atoms with van der Waals surface area (Å²) in [7, 11) is -6.20. The van der Waals surface area contributed by atoms with Gasteiger partial charge >= 0.3 is 0 Å². The van der Waals surface area contributed by atoms with Gasteiger partial charge < -0.3 is 0 Å². The van der Waals surface area contributed by atoms with Crippen molar-refractivity contribution in [2.75, 3.05) is 20.1 Å². The minimum Gasteiger partial charge on any atom is -0.258 e. The van der Waals surface area contributed by atoms with E-state index >= 15 is 0 Å². The summed E-state index contributed by atoms with van der Waals surface area (Å²) in [6.07, 6.45) is 1.62. The normalized spacial score (nSPS) is 16.6. The topological polar surface area (TPSA) is 118 Å². The summed E-state index contributed by atoms with van der Waals surface area (Å²) in [4.78, 5) is 10.5. The largest absolute Gasteiger partial charge is 0.269 e. The van der Waals surface area contributed by atoms with Gasteiger partial charge in [-0.2, -0.15) is 8.61 Å². The molecule has 0 bridgehead atoms. The Bertz CT molecular complexity index is 1140. The highest BCUT2D eigenvalue weighted by molar-refractivity contribution is 7.89. The van der Waals surface area contributed by atoms with Gasteiger partial charge in [-0.15, -0.1) is 0 Å². The molecule has 1 unspecified atom stereocenters. The van der Waals surface area contributed by atoms with Crippen molar-refractivity contribution in [3.8, 4) is 0 Å². The average Bonchev–Trinajstić information content (AvgIpc) is 3.28. The third-order valence-corrected chi connectivity index (χ3v) is 9.17. The van der Waals surface area contributed by atoms with Gasteiger partial charge in [-0.05, 0) is 49.6 Å². The summed E-state index contributed by atoms with van der Waals surface area (Å²) in [5.74, 6) is 0. The predicted molar refractivity (Wildman–Crippen MR) is 111 cm³/mol. The number of non-ortho nitro benzene ring substituents is 1. The van der Waals surface area contributed by atoms with Crippen molar-refractivity contribution in [2.24, 2.45) is 0 Å². The van der Waals surface area contributed by atoms with Gasteiger partial charge in [0.2, 0.25) is 20.0 Å². The van der Waals surface area contributed by atoms with Crippen LogP contribution in [0.4, 0.5) is 5.69 Å². The first-order valence-corrected chi connectivity index (χ1v) is 12.3. The molecule has 0 aliphatic carbocycles. The maximum atomic E-state index is 13.0. The molecule has 0 radical (unpaired) electrons. The van der Waals surface area contributed by atoms with E-state index in [1.54, 1.807) is 13.0 Å². The van der Waals surface area contributed by atoms with Crippen LogP contribution < -0.4 is 0 Å². The van der Waals surface area contributed by atoms with E-state index in [0.29, 0.717) is 18.7 Å². The zero-order valence-corrected chi connectivity index (χ0v) is 18.3. The summed E-state index contributed by atoms with van der Waals surface area (Å²) in [5, 5.41) is 11.0. The van der Waals surface area contributed by atoms with Crippen LogP contribution in [0.2, 0.25) is 0 Å². The van der Waals surface area contributed by atoms with Crippen molar-refractivity contribution in [3.05, 3.63) is 64.2 Å². The molecule has 1 atom stereocenters. The summed E-state index contributed by atoms with van der Waals surface area (Å²) in [6, 6.07) is 10.3. The summed E-state index contributed by atoms with van der Waals surface area (Å²) < 4.78 is 53.8. The number of hydrogen-bond donors (Lipinski definition) is 0. The van der Waals surface area contributed by atoms with Crippen molar-refractivity contribution in [1.82, 2.24) is 8.61 Å². The van der Waals surface area contributed by atoms with Gasteiger partial charge in [0, 0.05) is 38.3 Å². The molecule has 9 nitrogen and oxygen atoms in total. The molecule has 1 fully saturated rings. The summed E-state index contributed by atoms with van der Waals surface area (Å²) in [6.45, 7) is 2.56. The SMILES string of the molecule is CC(c1cccc([N+](=O)[O-])c1)N(C)S(=O)(=O)c1ccc(S(=O)(=O)N2CCCC2)cc1. The van der Waals surface area contributed by atoms with Gasteiger partial charge in [-0.1, -0.05) is 12.1 Å². The number of nitrogens with zero attached hydrogens (tertiary/aromatic N) is 3. The second kappa shape index (κ2) is 8.42. The van der Waals surface area contributed by atoms with Crippen LogP contribution in [0.1, 0.15) is 31.4 Å². The highest BCUT2D eigenvalue weighted by Gasteiger charge is 2.30. The Hall–Kier alpha value is -2.34. The fraction of sp³-hybridized carbons (Fsp3) is 0.368. The van der Waals surface area contributed by atoms with Crippen LogP contribution in [0.3, 0.4) is 0 Å². The zero-order valence-electron chi connectivity index (χ0n) is 16.6. The third kappa shape index (κ3) is 4.24. The van der Waals surface area contributed by atoms with Gasteiger partial charge in [-0.3, -0.25) is 10.1 Å². The van der Waals surface area contributed by atoms with Gasteiger partial charge in [0.1, 0.15) is 0 Å². The van der Waals surface area contributed by atoms with E-state index in [0.717, 1.165) is 17.1 Å². The van der Waals surface area contributed by atoms with E-state index in [4.69, 9.17) is 0 Å². The number of sulfonamides is 2. The second-order valence-corrected chi connectivity index (χ2v) is 11.1. The number of nitro groups is 1. The second-order valence-electron chi connectivity index (χ2n) is 7.13. The summed E-state index contributed by atoms with van der Waals surface area (Å²) in [5.41, 5.74) is 0.352. The molecule has 0 saturated carbocycles. The molecule has 1 aliphatic rings. The molecule has 1 heterocycles. The quantitative estimate of drug-likeness (QED) is 0.470. The molecule has 0 spiro atoms. The predicted octanol–water partition coefficient (Wildman–Crippen LogP) is 2.76. The van der Waals surface area contributed by atoms with Crippen LogP contribution in [-0.2, 0) is 20.0 Å².